The van der Waals surface area contributed by atoms with Gasteiger partial charge in [-0.25, -0.2) is 18.3 Å². The van der Waals surface area contributed by atoms with Crippen molar-refractivity contribution in [2.24, 2.45) is 5.73 Å². The number of nitrogens with zero attached hydrogens (tertiary/aromatic N) is 4. The van der Waals surface area contributed by atoms with Crippen LogP contribution in [0.5, 0.6) is 0 Å². The van der Waals surface area contributed by atoms with Gasteiger partial charge >= 0.3 is 0 Å². The van der Waals surface area contributed by atoms with Crippen molar-refractivity contribution >= 4 is 62.6 Å². The highest BCUT2D eigenvalue weighted by Gasteiger charge is 2.52. The molecule has 12 nitrogen and oxygen atoms in total. The Bertz CT molecular complexity index is 1650. The van der Waals surface area contributed by atoms with Crippen LogP contribution in [0.1, 0.15) is 25.0 Å². The highest BCUT2D eigenvalue weighted by molar-refractivity contribution is 7.89. The standard InChI is InChI=1S/C25H23Cl2N7O5S/c1-14(22(36)30-12-20(29)35)32-40(38,39)21-13-31-24-33(19-8-17(26)7-18(27)9-19)23(37)25(2,34(21)24)10-15-3-5-16(11-28)6-4-15/h3-9,13-14,32H,10,12H2,1-2H3,(H2,29,35)(H,30,36)/t14?,25-/m1/s1. The van der Waals surface area contributed by atoms with E-state index in [2.05, 4.69) is 15.0 Å². The molecule has 1 unspecified atom stereocenters. The van der Waals surface area contributed by atoms with Crippen LogP contribution in [0.4, 0.5) is 11.6 Å². The summed E-state index contributed by atoms with van der Waals surface area (Å²) in [5, 5.41) is 11.5. The Labute approximate surface area is 239 Å². The van der Waals surface area contributed by atoms with Crippen LogP contribution in [0.25, 0.3) is 0 Å². The van der Waals surface area contributed by atoms with E-state index >= 15 is 0 Å². The van der Waals surface area contributed by atoms with E-state index in [1.54, 1.807) is 31.2 Å². The van der Waals surface area contributed by atoms with E-state index in [-0.39, 0.29) is 33.1 Å². The van der Waals surface area contributed by atoms with Crippen LogP contribution in [0.2, 0.25) is 10.0 Å². The molecule has 0 aliphatic carbocycles. The Kier molecular flexibility index (Phi) is 7.91. The van der Waals surface area contributed by atoms with Crippen molar-refractivity contribution in [2.75, 3.05) is 11.4 Å². The van der Waals surface area contributed by atoms with Gasteiger partial charge in [0.15, 0.2) is 5.03 Å². The molecule has 0 spiro atoms. The number of hydrogen-bond acceptors (Lipinski definition) is 7. The van der Waals surface area contributed by atoms with Crippen molar-refractivity contribution in [3.63, 3.8) is 0 Å². The first-order valence-electron chi connectivity index (χ1n) is 11.7. The summed E-state index contributed by atoms with van der Waals surface area (Å²) in [6.45, 7) is 2.38. The topological polar surface area (TPSA) is 180 Å². The van der Waals surface area contributed by atoms with Gasteiger partial charge in [-0.1, -0.05) is 35.3 Å². The predicted octanol–water partition coefficient (Wildman–Crippen LogP) is 1.97. The van der Waals surface area contributed by atoms with Gasteiger partial charge in [0, 0.05) is 16.5 Å². The molecule has 1 aliphatic heterocycles. The fourth-order valence-corrected chi connectivity index (χ4v) is 6.31. The van der Waals surface area contributed by atoms with E-state index in [1.165, 1.54) is 34.6 Å². The van der Waals surface area contributed by atoms with Gasteiger partial charge in [0.1, 0.15) is 5.54 Å². The van der Waals surface area contributed by atoms with Crippen molar-refractivity contribution in [3.8, 4) is 6.07 Å². The summed E-state index contributed by atoms with van der Waals surface area (Å²) in [6, 6.07) is 11.7. The minimum atomic E-state index is -4.45. The number of primary amides is 1. The predicted molar refractivity (Wildman–Crippen MR) is 146 cm³/mol. The number of imidazole rings is 1. The molecule has 208 valence electrons. The van der Waals surface area contributed by atoms with E-state index in [0.29, 0.717) is 11.1 Å². The number of halogens is 2. The third-order valence-electron chi connectivity index (χ3n) is 6.24. The zero-order valence-electron chi connectivity index (χ0n) is 21.2. The molecule has 3 aromatic rings. The maximum absolute atomic E-state index is 14.1. The fraction of sp³-hybridized carbons (Fsp3) is 0.240. The molecule has 0 saturated heterocycles. The highest BCUT2D eigenvalue weighted by atomic mass is 35.5. The molecule has 2 aromatic carbocycles. The molecule has 1 aliphatic rings. The zero-order chi connectivity index (χ0) is 29.4. The van der Waals surface area contributed by atoms with Crippen LogP contribution < -0.4 is 20.7 Å². The number of sulfonamides is 1. The van der Waals surface area contributed by atoms with Crippen molar-refractivity contribution in [2.45, 2.75) is 36.9 Å². The smallest absolute Gasteiger partial charge is 0.260 e. The Morgan fingerprint density at radius 3 is 2.38 bits per heavy atom. The van der Waals surface area contributed by atoms with Crippen LogP contribution in [0.15, 0.2) is 53.7 Å². The SMILES string of the molecule is CC(NS(=O)(=O)c1cnc2n1[C@](C)(Cc1ccc(C#N)cc1)C(=O)N2c1cc(Cl)cc(Cl)c1)C(=O)NCC(N)=O. The Hall–Kier alpha value is -3.96. The number of nitrogens with one attached hydrogen (secondary N) is 2. The summed E-state index contributed by atoms with van der Waals surface area (Å²) in [5.41, 5.74) is 4.86. The number of nitrogens with two attached hydrogens (primary N) is 1. The van der Waals surface area contributed by atoms with Crippen molar-refractivity contribution in [1.29, 1.82) is 5.26 Å². The van der Waals surface area contributed by atoms with E-state index < -0.39 is 45.9 Å². The second kappa shape index (κ2) is 10.9. The van der Waals surface area contributed by atoms with E-state index in [4.69, 9.17) is 34.2 Å². The summed E-state index contributed by atoms with van der Waals surface area (Å²) in [7, 11) is -4.45. The van der Waals surface area contributed by atoms with Gasteiger partial charge in [-0.2, -0.15) is 9.98 Å². The van der Waals surface area contributed by atoms with Crippen molar-refractivity contribution < 1.29 is 22.8 Å². The zero-order valence-corrected chi connectivity index (χ0v) is 23.5. The van der Waals surface area contributed by atoms with Crippen LogP contribution in [-0.4, -0.2) is 48.3 Å². The molecular formula is C25H23Cl2N7O5S. The fourth-order valence-electron chi connectivity index (χ4n) is 4.39. The molecule has 1 aromatic heterocycles. The number of hydrogen-bond donors (Lipinski definition) is 3. The van der Waals surface area contributed by atoms with Crippen LogP contribution >= 0.6 is 23.2 Å². The maximum Gasteiger partial charge on any atom is 0.260 e. The second-order valence-electron chi connectivity index (χ2n) is 9.29. The quantitative estimate of drug-likeness (QED) is 0.334. The number of carbonyl (C=O) groups is 3. The maximum atomic E-state index is 14.1. The molecule has 4 N–H and O–H groups in total. The third kappa shape index (κ3) is 5.52. The molecule has 0 saturated carbocycles. The molecule has 2 atom stereocenters. The highest BCUT2D eigenvalue weighted by Crippen LogP contribution is 2.44. The first kappa shape index (κ1) is 29.0. The van der Waals surface area contributed by atoms with Crippen LogP contribution in [0.3, 0.4) is 0 Å². The lowest BCUT2D eigenvalue weighted by molar-refractivity contribution is -0.125. The molecular weight excluding hydrogens is 581 g/mol. The van der Waals surface area contributed by atoms with E-state index in [1.807, 2.05) is 6.07 Å². The van der Waals surface area contributed by atoms with Gasteiger partial charge in [-0.05, 0) is 49.7 Å². The number of aromatic nitrogens is 2. The molecule has 40 heavy (non-hydrogen) atoms. The lowest BCUT2D eigenvalue weighted by atomic mass is 9.91. The first-order valence-corrected chi connectivity index (χ1v) is 14.0. The number of amides is 3. The molecule has 3 amide bonds. The number of rotatable bonds is 9. The average Bonchev–Trinajstić information content (AvgIpc) is 3.40. The van der Waals surface area contributed by atoms with E-state index in [0.717, 1.165) is 6.20 Å². The average molecular weight is 604 g/mol. The van der Waals surface area contributed by atoms with Gasteiger partial charge < -0.3 is 11.1 Å². The van der Waals surface area contributed by atoms with Crippen LogP contribution in [0, 0.1) is 11.3 Å². The van der Waals surface area contributed by atoms with Gasteiger partial charge in [0.05, 0.1) is 36.1 Å². The lowest BCUT2D eigenvalue weighted by Crippen LogP contribution is -2.48. The van der Waals surface area contributed by atoms with Gasteiger partial charge in [0.25, 0.3) is 15.9 Å². The third-order valence-corrected chi connectivity index (χ3v) is 8.18. The van der Waals surface area contributed by atoms with Crippen LogP contribution in [-0.2, 0) is 36.4 Å². The summed E-state index contributed by atoms with van der Waals surface area (Å²) >= 11 is 12.4. The largest absolute Gasteiger partial charge is 0.368 e. The minimum absolute atomic E-state index is 0.00862. The number of benzene rings is 2. The molecule has 4 rings (SSSR count). The molecule has 15 heteroatoms. The number of nitriles is 1. The number of carbonyl (C=O) groups excluding carboxylic acids is 3. The Morgan fingerprint density at radius 1 is 1.18 bits per heavy atom. The van der Waals surface area contributed by atoms with Gasteiger partial charge in [-0.15, -0.1) is 0 Å². The molecule has 0 radical (unpaired) electrons. The summed E-state index contributed by atoms with van der Waals surface area (Å²) < 4.78 is 30.6. The second-order valence-corrected chi connectivity index (χ2v) is 11.8. The molecule has 0 bridgehead atoms. The minimum Gasteiger partial charge on any atom is -0.368 e. The van der Waals surface area contributed by atoms with Gasteiger partial charge in [0.2, 0.25) is 17.8 Å². The normalized spacial score (nSPS) is 17.3. The molecule has 2 heterocycles. The summed E-state index contributed by atoms with van der Waals surface area (Å²) in [4.78, 5) is 42.9. The van der Waals surface area contributed by atoms with Crippen molar-refractivity contribution in [1.82, 2.24) is 19.6 Å². The number of fused-ring (bicyclic) bond motifs is 1. The van der Waals surface area contributed by atoms with Crippen molar-refractivity contribution in [3.05, 3.63) is 69.8 Å². The summed E-state index contributed by atoms with van der Waals surface area (Å²) in [5.74, 6) is -2.10. The van der Waals surface area contributed by atoms with E-state index in [9.17, 15) is 22.8 Å². The monoisotopic (exact) mass is 603 g/mol. The van der Waals surface area contributed by atoms with Gasteiger partial charge in [-0.3, -0.25) is 19.0 Å². The number of anilines is 2. The Balaban J connectivity index is 1.81. The lowest BCUT2D eigenvalue weighted by Gasteiger charge is -2.27. The summed E-state index contributed by atoms with van der Waals surface area (Å²) in [6.07, 6.45) is 1.11. The Morgan fingerprint density at radius 2 is 1.80 bits per heavy atom. The molecule has 0 fully saturated rings. The first-order chi connectivity index (χ1) is 18.8.